The smallest absolute Gasteiger partial charge is 0.230 e. The lowest BCUT2D eigenvalue weighted by atomic mass is 9.93. The van der Waals surface area contributed by atoms with Gasteiger partial charge in [0.15, 0.2) is 5.13 Å². The molecular weight excluding hydrogens is 356 g/mol. The summed E-state index contributed by atoms with van der Waals surface area (Å²) in [5.74, 6) is 0.650. The van der Waals surface area contributed by atoms with Crippen LogP contribution in [-0.2, 0) is 24.1 Å². The summed E-state index contributed by atoms with van der Waals surface area (Å²) in [4.78, 5) is 18.6. The van der Waals surface area contributed by atoms with E-state index in [2.05, 4.69) is 29.4 Å². The van der Waals surface area contributed by atoms with Crippen molar-refractivity contribution in [3.05, 3.63) is 58.8 Å². The minimum atomic E-state index is -0.0511. The summed E-state index contributed by atoms with van der Waals surface area (Å²) in [6.45, 7) is 2.27. The number of nitrogens with one attached hydrogen (secondary N) is 1. The second-order valence-electron chi connectivity index (χ2n) is 7.38. The molecule has 1 aliphatic carbocycles. The second-order valence-corrected chi connectivity index (χ2v) is 8.47. The molecule has 1 unspecified atom stereocenters. The SMILES string of the molecule is CC1CCc2nc(NC(=O)Cc3coc4ccc5ccccc5c34)sc2C1. The topological polar surface area (TPSA) is 55.1 Å². The Morgan fingerprint density at radius 1 is 1.30 bits per heavy atom. The van der Waals surface area contributed by atoms with Crippen LogP contribution in [0.2, 0.25) is 0 Å². The van der Waals surface area contributed by atoms with Crippen molar-refractivity contribution in [2.24, 2.45) is 5.92 Å². The number of carbonyl (C=O) groups is 1. The van der Waals surface area contributed by atoms with Crippen molar-refractivity contribution in [2.45, 2.75) is 32.6 Å². The molecule has 2 aromatic carbocycles. The van der Waals surface area contributed by atoms with Crippen LogP contribution in [0.5, 0.6) is 0 Å². The number of amides is 1. The summed E-state index contributed by atoms with van der Waals surface area (Å²) in [6.07, 6.45) is 5.24. The first-order valence-corrected chi connectivity index (χ1v) is 10.2. The van der Waals surface area contributed by atoms with Crippen molar-refractivity contribution in [3.63, 3.8) is 0 Å². The molecule has 0 bridgehead atoms. The molecule has 1 atom stereocenters. The molecule has 0 saturated carbocycles. The highest BCUT2D eigenvalue weighted by Crippen LogP contribution is 2.33. The summed E-state index contributed by atoms with van der Waals surface area (Å²) in [5.41, 5.74) is 2.89. The number of anilines is 1. The maximum Gasteiger partial charge on any atom is 0.230 e. The fraction of sp³-hybridized carbons (Fsp3) is 0.273. The van der Waals surface area contributed by atoms with E-state index in [-0.39, 0.29) is 12.3 Å². The predicted octanol–water partition coefficient (Wildman–Crippen LogP) is 5.35. The summed E-state index contributed by atoms with van der Waals surface area (Å²) < 4.78 is 5.69. The van der Waals surface area contributed by atoms with Gasteiger partial charge >= 0.3 is 0 Å². The first kappa shape index (κ1) is 16.5. The molecule has 2 aromatic heterocycles. The van der Waals surface area contributed by atoms with Crippen LogP contribution in [0.1, 0.15) is 29.5 Å². The van der Waals surface area contributed by atoms with Crippen LogP contribution in [0.4, 0.5) is 5.13 Å². The Morgan fingerprint density at radius 2 is 2.19 bits per heavy atom. The quantitative estimate of drug-likeness (QED) is 0.524. The number of hydrogen-bond donors (Lipinski definition) is 1. The van der Waals surface area contributed by atoms with Crippen LogP contribution in [0, 0.1) is 5.92 Å². The lowest BCUT2D eigenvalue weighted by Gasteiger charge is -2.15. The first-order chi connectivity index (χ1) is 13.2. The molecule has 27 heavy (non-hydrogen) atoms. The molecule has 1 aliphatic rings. The van der Waals surface area contributed by atoms with E-state index in [9.17, 15) is 4.79 Å². The van der Waals surface area contributed by atoms with Gasteiger partial charge in [0.05, 0.1) is 18.4 Å². The third-order valence-corrected chi connectivity index (χ3v) is 6.36. The lowest BCUT2D eigenvalue weighted by Crippen LogP contribution is -2.14. The number of furan rings is 1. The highest BCUT2D eigenvalue weighted by Gasteiger charge is 2.21. The third-order valence-electron chi connectivity index (χ3n) is 5.32. The fourth-order valence-corrected chi connectivity index (χ4v) is 5.12. The molecule has 4 nitrogen and oxygen atoms in total. The summed E-state index contributed by atoms with van der Waals surface area (Å²) >= 11 is 1.62. The second kappa shape index (κ2) is 6.50. The Bertz CT molecular complexity index is 1160. The van der Waals surface area contributed by atoms with Gasteiger partial charge in [-0.2, -0.15) is 0 Å². The van der Waals surface area contributed by atoms with Crippen LogP contribution in [0.25, 0.3) is 21.7 Å². The van der Waals surface area contributed by atoms with Crippen LogP contribution < -0.4 is 5.32 Å². The van der Waals surface area contributed by atoms with Gasteiger partial charge in [0.2, 0.25) is 5.91 Å². The Balaban J connectivity index is 1.41. The molecule has 136 valence electrons. The fourth-order valence-electron chi connectivity index (χ4n) is 3.93. The maximum absolute atomic E-state index is 12.7. The van der Waals surface area contributed by atoms with Crippen molar-refractivity contribution in [1.82, 2.24) is 4.98 Å². The van der Waals surface area contributed by atoms with E-state index in [4.69, 9.17) is 4.42 Å². The van der Waals surface area contributed by atoms with Crippen LogP contribution >= 0.6 is 11.3 Å². The molecule has 0 spiro atoms. The average molecular weight is 376 g/mol. The summed E-state index contributed by atoms with van der Waals surface area (Å²) in [6, 6.07) is 12.2. The number of thiazole rings is 1. The molecule has 5 heteroatoms. The van der Waals surface area contributed by atoms with Gasteiger partial charge in [-0.3, -0.25) is 4.79 Å². The van der Waals surface area contributed by atoms with E-state index in [1.807, 2.05) is 24.3 Å². The van der Waals surface area contributed by atoms with E-state index >= 15 is 0 Å². The zero-order valence-corrected chi connectivity index (χ0v) is 15.9. The normalized spacial score (nSPS) is 16.6. The molecule has 0 aliphatic heterocycles. The van der Waals surface area contributed by atoms with Crippen LogP contribution in [0.15, 0.2) is 47.1 Å². The number of benzene rings is 2. The van der Waals surface area contributed by atoms with Gasteiger partial charge < -0.3 is 9.73 Å². The van der Waals surface area contributed by atoms with E-state index < -0.39 is 0 Å². The van der Waals surface area contributed by atoms with Crippen molar-refractivity contribution < 1.29 is 9.21 Å². The van der Waals surface area contributed by atoms with E-state index in [0.717, 1.165) is 51.0 Å². The summed E-state index contributed by atoms with van der Waals surface area (Å²) in [5, 5.41) is 7.00. The Hall–Kier alpha value is -2.66. The zero-order valence-electron chi connectivity index (χ0n) is 15.1. The number of rotatable bonds is 3. The van der Waals surface area contributed by atoms with Gasteiger partial charge in [-0.15, -0.1) is 11.3 Å². The van der Waals surface area contributed by atoms with Crippen molar-refractivity contribution in [1.29, 1.82) is 0 Å². The molecule has 1 N–H and O–H groups in total. The van der Waals surface area contributed by atoms with Gasteiger partial charge in [0, 0.05) is 15.8 Å². The van der Waals surface area contributed by atoms with Gasteiger partial charge in [-0.25, -0.2) is 4.98 Å². The maximum atomic E-state index is 12.7. The minimum absolute atomic E-state index is 0.0511. The standard InChI is InChI=1S/C22H20N2O2S/c1-13-6-8-17-19(10-13)27-22(23-17)24-20(25)11-15-12-26-18-9-7-14-4-2-3-5-16(14)21(15)18/h2-5,7,9,12-13H,6,8,10-11H2,1H3,(H,23,24,25). The summed E-state index contributed by atoms with van der Waals surface area (Å²) in [7, 11) is 0. The highest BCUT2D eigenvalue weighted by molar-refractivity contribution is 7.15. The van der Waals surface area contributed by atoms with Crippen LogP contribution in [-0.4, -0.2) is 10.9 Å². The Morgan fingerprint density at radius 3 is 3.11 bits per heavy atom. The molecule has 1 amide bonds. The monoisotopic (exact) mass is 376 g/mol. The van der Waals surface area contributed by atoms with E-state index in [1.165, 1.54) is 11.3 Å². The van der Waals surface area contributed by atoms with Crippen molar-refractivity contribution in [3.8, 4) is 0 Å². The van der Waals surface area contributed by atoms with E-state index in [1.54, 1.807) is 17.6 Å². The number of fused-ring (bicyclic) bond motifs is 4. The van der Waals surface area contributed by atoms with Crippen LogP contribution in [0.3, 0.4) is 0 Å². The van der Waals surface area contributed by atoms with Gasteiger partial charge in [0.25, 0.3) is 0 Å². The largest absolute Gasteiger partial charge is 0.464 e. The molecule has 0 saturated heterocycles. The Labute approximate surface area is 161 Å². The zero-order chi connectivity index (χ0) is 18.4. The molecule has 5 rings (SSSR count). The molecular formula is C22H20N2O2S. The Kier molecular flexibility index (Phi) is 3.97. The first-order valence-electron chi connectivity index (χ1n) is 9.33. The minimum Gasteiger partial charge on any atom is -0.464 e. The average Bonchev–Trinajstić information content (AvgIpc) is 3.25. The molecule has 0 fully saturated rings. The number of nitrogens with zero attached hydrogens (tertiary/aromatic N) is 1. The third kappa shape index (κ3) is 3.02. The number of aryl methyl sites for hydroxylation is 1. The van der Waals surface area contributed by atoms with Gasteiger partial charge in [0.1, 0.15) is 5.58 Å². The molecule has 4 aromatic rings. The number of carbonyl (C=O) groups excluding carboxylic acids is 1. The van der Waals surface area contributed by atoms with Crippen molar-refractivity contribution >= 4 is 44.1 Å². The lowest BCUT2D eigenvalue weighted by molar-refractivity contribution is -0.115. The number of hydrogen-bond acceptors (Lipinski definition) is 4. The molecule has 2 heterocycles. The van der Waals surface area contributed by atoms with Gasteiger partial charge in [-0.1, -0.05) is 37.3 Å². The molecule has 0 radical (unpaired) electrons. The van der Waals surface area contributed by atoms with E-state index in [0.29, 0.717) is 5.92 Å². The van der Waals surface area contributed by atoms with Crippen molar-refractivity contribution in [2.75, 3.05) is 5.32 Å². The predicted molar refractivity (Wildman–Crippen MR) is 109 cm³/mol. The number of aromatic nitrogens is 1. The van der Waals surface area contributed by atoms with Gasteiger partial charge in [-0.05, 0) is 42.0 Å². The highest BCUT2D eigenvalue weighted by atomic mass is 32.1.